The highest BCUT2D eigenvalue weighted by Crippen LogP contribution is 2.14. The minimum atomic E-state index is -0.0469. The Bertz CT molecular complexity index is 495. The quantitative estimate of drug-likeness (QED) is 0.842. The lowest BCUT2D eigenvalue weighted by Gasteiger charge is -2.36. The zero-order valence-corrected chi connectivity index (χ0v) is 12.1. The summed E-state index contributed by atoms with van der Waals surface area (Å²) < 4.78 is 5.51. The van der Waals surface area contributed by atoms with Crippen molar-refractivity contribution in [2.45, 2.75) is 32.7 Å². The highest BCUT2D eigenvalue weighted by Gasteiger charge is 2.27. The Morgan fingerprint density at radius 1 is 1.35 bits per heavy atom. The van der Waals surface area contributed by atoms with Gasteiger partial charge in [0.15, 0.2) is 5.76 Å². The van der Waals surface area contributed by atoms with E-state index in [0.29, 0.717) is 18.8 Å². The molecule has 1 aromatic rings. The van der Waals surface area contributed by atoms with Crippen LogP contribution in [0.5, 0.6) is 0 Å². The molecule has 0 spiro atoms. The number of hydrogen-bond acceptors (Lipinski definition) is 4. The number of furan rings is 1. The Kier molecular flexibility index (Phi) is 4.80. The average molecular weight is 275 g/mol. The molecule has 0 N–H and O–H groups in total. The van der Waals surface area contributed by atoms with E-state index in [1.54, 1.807) is 11.0 Å². The van der Waals surface area contributed by atoms with E-state index in [2.05, 4.69) is 11.0 Å². The highest BCUT2D eigenvalue weighted by atomic mass is 16.4. The zero-order valence-electron chi connectivity index (χ0n) is 12.1. The van der Waals surface area contributed by atoms with Gasteiger partial charge in [0, 0.05) is 32.6 Å². The SMILES string of the molecule is CCc1ccc(C(=O)N2CCN(C(C#N)CC)CC2)o1. The van der Waals surface area contributed by atoms with Gasteiger partial charge in [-0.25, -0.2) is 0 Å². The second-order valence-electron chi connectivity index (χ2n) is 5.00. The molecule has 1 fully saturated rings. The number of nitriles is 1. The van der Waals surface area contributed by atoms with Crippen LogP contribution in [-0.2, 0) is 6.42 Å². The first-order chi connectivity index (χ1) is 9.69. The third kappa shape index (κ3) is 3.02. The number of carbonyl (C=O) groups excluding carboxylic acids is 1. The lowest BCUT2D eigenvalue weighted by atomic mass is 10.2. The molecule has 20 heavy (non-hydrogen) atoms. The van der Waals surface area contributed by atoms with Crippen molar-refractivity contribution in [3.8, 4) is 6.07 Å². The number of carbonyl (C=O) groups is 1. The fraction of sp³-hybridized carbons (Fsp3) is 0.600. The van der Waals surface area contributed by atoms with Gasteiger partial charge in [0.05, 0.1) is 12.1 Å². The molecule has 0 radical (unpaired) electrons. The average Bonchev–Trinajstić information content (AvgIpc) is 2.97. The Hall–Kier alpha value is -1.80. The van der Waals surface area contributed by atoms with Crippen molar-refractivity contribution in [3.05, 3.63) is 23.7 Å². The van der Waals surface area contributed by atoms with Gasteiger partial charge >= 0.3 is 0 Å². The van der Waals surface area contributed by atoms with Crippen LogP contribution in [0.25, 0.3) is 0 Å². The summed E-state index contributed by atoms with van der Waals surface area (Å²) in [6.07, 6.45) is 1.61. The van der Waals surface area contributed by atoms with Gasteiger partial charge in [-0.1, -0.05) is 13.8 Å². The van der Waals surface area contributed by atoms with Gasteiger partial charge < -0.3 is 9.32 Å². The minimum absolute atomic E-state index is 0.0393. The summed E-state index contributed by atoms with van der Waals surface area (Å²) >= 11 is 0. The Balaban J connectivity index is 1.93. The van der Waals surface area contributed by atoms with Crippen LogP contribution in [0.2, 0.25) is 0 Å². The molecule has 0 aliphatic carbocycles. The van der Waals surface area contributed by atoms with E-state index in [-0.39, 0.29) is 11.9 Å². The molecule has 108 valence electrons. The number of amides is 1. The maximum absolute atomic E-state index is 12.3. The van der Waals surface area contributed by atoms with Crippen LogP contribution in [0.15, 0.2) is 16.5 Å². The van der Waals surface area contributed by atoms with Crippen molar-refractivity contribution in [1.29, 1.82) is 5.26 Å². The van der Waals surface area contributed by atoms with E-state index in [1.807, 2.05) is 19.9 Å². The Morgan fingerprint density at radius 2 is 2.05 bits per heavy atom. The maximum Gasteiger partial charge on any atom is 0.289 e. The maximum atomic E-state index is 12.3. The number of rotatable bonds is 4. The van der Waals surface area contributed by atoms with E-state index < -0.39 is 0 Å². The predicted molar refractivity (Wildman–Crippen MR) is 75.3 cm³/mol. The van der Waals surface area contributed by atoms with Crippen molar-refractivity contribution in [2.24, 2.45) is 0 Å². The molecule has 1 saturated heterocycles. The van der Waals surface area contributed by atoms with Crippen LogP contribution in [0.4, 0.5) is 0 Å². The fourth-order valence-electron chi connectivity index (χ4n) is 2.51. The predicted octanol–water partition coefficient (Wildman–Crippen LogP) is 1.90. The van der Waals surface area contributed by atoms with Crippen LogP contribution in [0, 0.1) is 11.3 Å². The smallest absolute Gasteiger partial charge is 0.289 e. The number of aryl methyl sites for hydroxylation is 1. The molecule has 1 atom stereocenters. The molecule has 1 aromatic heterocycles. The third-order valence-corrected chi connectivity index (χ3v) is 3.80. The fourth-order valence-corrected chi connectivity index (χ4v) is 2.51. The summed E-state index contributed by atoms with van der Waals surface area (Å²) in [6, 6.07) is 5.87. The van der Waals surface area contributed by atoms with Crippen molar-refractivity contribution < 1.29 is 9.21 Å². The minimum Gasteiger partial charge on any atom is -0.456 e. The number of nitrogens with zero attached hydrogens (tertiary/aromatic N) is 3. The molecule has 5 nitrogen and oxygen atoms in total. The van der Waals surface area contributed by atoms with Gasteiger partial charge in [0.1, 0.15) is 5.76 Å². The monoisotopic (exact) mass is 275 g/mol. The van der Waals surface area contributed by atoms with Gasteiger partial charge in [-0.2, -0.15) is 5.26 Å². The number of piperazine rings is 1. The van der Waals surface area contributed by atoms with Gasteiger partial charge in [-0.15, -0.1) is 0 Å². The van der Waals surface area contributed by atoms with Crippen LogP contribution < -0.4 is 0 Å². The summed E-state index contributed by atoms with van der Waals surface area (Å²) in [6.45, 7) is 6.82. The van der Waals surface area contributed by atoms with E-state index in [0.717, 1.165) is 31.7 Å². The van der Waals surface area contributed by atoms with Gasteiger partial charge in [-0.3, -0.25) is 9.69 Å². The van der Waals surface area contributed by atoms with E-state index in [9.17, 15) is 4.79 Å². The van der Waals surface area contributed by atoms with Crippen LogP contribution in [0.3, 0.4) is 0 Å². The van der Waals surface area contributed by atoms with Crippen molar-refractivity contribution >= 4 is 5.91 Å². The molecule has 0 saturated carbocycles. The topological polar surface area (TPSA) is 60.5 Å². The molecule has 1 unspecified atom stereocenters. The molecule has 0 aromatic carbocycles. The van der Waals surface area contributed by atoms with Crippen molar-refractivity contribution in [1.82, 2.24) is 9.80 Å². The first-order valence-electron chi connectivity index (χ1n) is 7.21. The lowest BCUT2D eigenvalue weighted by molar-refractivity contribution is 0.0573. The first kappa shape index (κ1) is 14.6. The molecule has 1 aliphatic rings. The zero-order chi connectivity index (χ0) is 14.5. The molecule has 1 amide bonds. The molecule has 0 bridgehead atoms. The van der Waals surface area contributed by atoms with Gasteiger partial charge in [-0.05, 0) is 18.6 Å². The van der Waals surface area contributed by atoms with Crippen molar-refractivity contribution in [2.75, 3.05) is 26.2 Å². The molecule has 2 rings (SSSR count). The Morgan fingerprint density at radius 3 is 2.55 bits per heavy atom. The Labute approximate surface area is 119 Å². The summed E-state index contributed by atoms with van der Waals surface area (Å²) in [4.78, 5) is 16.2. The largest absolute Gasteiger partial charge is 0.456 e. The second kappa shape index (κ2) is 6.58. The van der Waals surface area contributed by atoms with E-state index in [1.165, 1.54) is 0 Å². The van der Waals surface area contributed by atoms with E-state index in [4.69, 9.17) is 9.68 Å². The first-order valence-corrected chi connectivity index (χ1v) is 7.21. The molecule has 1 aliphatic heterocycles. The van der Waals surface area contributed by atoms with Crippen molar-refractivity contribution in [3.63, 3.8) is 0 Å². The summed E-state index contributed by atoms with van der Waals surface area (Å²) in [5.41, 5.74) is 0. The number of hydrogen-bond donors (Lipinski definition) is 0. The highest BCUT2D eigenvalue weighted by molar-refractivity contribution is 5.91. The summed E-state index contributed by atoms with van der Waals surface area (Å²) in [7, 11) is 0. The van der Waals surface area contributed by atoms with Crippen LogP contribution >= 0.6 is 0 Å². The molecular weight excluding hydrogens is 254 g/mol. The normalized spacial score (nSPS) is 17.8. The van der Waals surface area contributed by atoms with Gasteiger partial charge in [0.25, 0.3) is 5.91 Å². The van der Waals surface area contributed by atoms with Crippen LogP contribution in [0.1, 0.15) is 36.6 Å². The molecular formula is C15H21N3O2. The second-order valence-corrected chi connectivity index (χ2v) is 5.00. The van der Waals surface area contributed by atoms with Gasteiger partial charge in [0.2, 0.25) is 0 Å². The van der Waals surface area contributed by atoms with E-state index >= 15 is 0 Å². The molecule has 2 heterocycles. The molecule has 5 heteroatoms. The summed E-state index contributed by atoms with van der Waals surface area (Å²) in [5, 5.41) is 9.07. The standard InChI is InChI=1S/C15H21N3O2/c1-3-12(11-16)17-7-9-18(10-8-17)15(19)14-6-5-13(4-2)20-14/h5-6,12H,3-4,7-10H2,1-2H3. The third-order valence-electron chi connectivity index (χ3n) is 3.80. The van der Waals surface area contributed by atoms with Crippen LogP contribution in [-0.4, -0.2) is 47.9 Å². The summed E-state index contributed by atoms with van der Waals surface area (Å²) in [5.74, 6) is 1.21. The lowest BCUT2D eigenvalue weighted by Crippen LogP contribution is -2.51.